The zero-order chi connectivity index (χ0) is 31.4. The van der Waals surface area contributed by atoms with E-state index in [9.17, 15) is 9.90 Å². The number of aliphatic hydroxyl groups is 1. The van der Waals surface area contributed by atoms with Gasteiger partial charge in [-0.1, -0.05) is 146 Å². The molecule has 0 saturated carbocycles. The van der Waals surface area contributed by atoms with Gasteiger partial charge in [0.1, 0.15) is 0 Å². The second kappa shape index (κ2) is 16.0. The smallest absolute Gasteiger partial charge is 0.222 e. The van der Waals surface area contributed by atoms with E-state index in [0.717, 1.165) is 25.1 Å². The van der Waals surface area contributed by atoms with E-state index < -0.39 is 6.10 Å². The third-order valence-electron chi connectivity index (χ3n) is 8.80. The Hall–Kier alpha value is -4.51. The first-order chi connectivity index (χ1) is 22.0. The zero-order valence-corrected chi connectivity index (χ0v) is 26.4. The molecule has 3 atom stereocenters. The van der Waals surface area contributed by atoms with Gasteiger partial charge in [-0.25, -0.2) is 0 Å². The molecule has 0 spiro atoms. The maximum Gasteiger partial charge on any atom is 0.222 e. The Kier molecular flexibility index (Phi) is 11.3. The Morgan fingerprint density at radius 2 is 1.09 bits per heavy atom. The summed E-state index contributed by atoms with van der Waals surface area (Å²) in [6, 6.07) is 49.8. The number of nitrogens with zero attached hydrogens (tertiary/aromatic N) is 2. The monoisotopic (exact) mass is 596 g/mol. The number of benzene rings is 5. The van der Waals surface area contributed by atoms with Gasteiger partial charge >= 0.3 is 0 Å². The molecule has 0 heterocycles. The minimum Gasteiger partial charge on any atom is -0.386 e. The normalized spacial score (nSPS) is 13.2. The molecule has 0 unspecified atom stereocenters. The predicted molar refractivity (Wildman–Crippen MR) is 184 cm³/mol. The van der Waals surface area contributed by atoms with E-state index in [0.29, 0.717) is 12.8 Å². The molecule has 1 N–H and O–H groups in total. The first kappa shape index (κ1) is 31.9. The number of carbonyl (C=O) groups is 1. The second-order valence-corrected chi connectivity index (χ2v) is 11.9. The summed E-state index contributed by atoms with van der Waals surface area (Å²) in [5.41, 5.74) is 6.97. The van der Waals surface area contributed by atoms with Crippen molar-refractivity contribution in [2.45, 2.75) is 57.5 Å². The van der Waals surface area contributed by atoms with Gasteiger partial charge in [0, 0.05) is 32.6 Å². The molecule has 5 aromatic carbocycles. The highest BCUT2D eigenvalue weighted by Crippen LogP contribution is 2.25. The van der Waals surface area contributed by atoms with E-state index in [-0.39, 0.29) is 18.0 Å². The molecule has 45 heavy (non-hydrogen) atoms. The van der Waals surface area contributed by atoms with Crippen LogP contribution in [0, 0.1) is 0 Å². The first-order valence-electron chi connectivity index (χ1n) is 15.9. The lowest BCUT2D eigenvalue weighted by Gasteiger charge is -2.34. The van der Waals surface area contributed by atoms with Crippen LogP contribution in [0.1, 0.15) is 48.1 Å². The van der Waals surface area contributed by atoms with Crippen LogP contribution >= 0.6 is 0 Å². The van der Waals surface area contributed by atoms with Crippen LogP contribution in [0.4, 0.5) is 0 Å². The fraction of sp³-hybridized carbons (Fsp3) is 0.244. The van der Waals surface area contributed by atoms with E-state index in [1.165, 1.54) is 27.8 Å². The van der Waals surface area contributed by atoms with Crippen molar-refractivity contribution in [3.8, 4) is 11.1 Å². The Morgan fingerprint density at radius 1 is 0.622 bits per heavy atom. The maximum atomic E-state index is 13.6. The molecule has 0 aliphatic rings. The topological polar surface area (TPSA) is 43.8 Å². The lowest BCUT2D eigenvalue weighted by atomic mass is 9.96. The van der Waals surface area contributed by atoms with E-state index in [2.05, 4.69) is 114 Å². The van der Waals surface area contributed by atoms with E-state index >= 15 is 0 Å². The molecule has 5 aromatic rings. The minimum absolute atomic E-state index is 0.0429. The predicted octanol–water partition coefficient (Wildman–Crippen LogP) is 8.33. The summed E-state index contributed by atoms with van der Waals surface area (Å²) >= 11 is 0. The van der Waals surface area contributed by atoms with Crippen molar-refractivity contribution in [2.24, 2.45) is 0 Å². The highest BCUT2D eigenvalue weighted by atomic mass is 16.3. The van der Waals surface area contributed by atoms with Crippen molar-refractivity contribution in [1.29, 1.82) is 0 Å². The van der Waals surface area contributed by atoms with Gasteiger partial charge in [0.05, 0.1) is 12.1 Å². The number of aliphatic hydroxyl groups excluding tert-OH is 1. The fourth-order valence-corrected chi connectivity index (χ4v) is 5.93. The largest absolute Gasteiger partial charge is 0.386 e. The van der Waals surface area contributed by atoms with Crippen LogP contribution in [0.15, 0.2) is 146 Å². The van der Waals surface area contributed by atoms with Crippen LogP contribution in [-0.2, 0) is 24.3 Å². The lowest BCUT2D eigenvalue weighted by Crippen LogP contribution is -2.41. The lowest BCUT2D eigenvalue weighted by molar-refractivity contribution is -0.134. The Balaban J connectivity index is 1.37. The molecular formula is C41H44N2O2. The molecule has 0 bridgehead atoms. The second-order valence-electron chi connectivity index (χ2n) is 11.9. The van der Waals surface area contributed by atoms with Gasteiger partial charge in [0.2, 0.25) is 5.91 Å². The van der Waals surface area contributed by atoms with Gasteiger partial charge in [-0.15, -0.1) is 0 Å². The molecular weight excluding hydrogens is 552 g/mol. The van der Waals surface area contributed by atoms with Gasteiger partial charge in [0.25, 0.3) is 0 Å². The molecule has 4 nitrogen and oxygen atoms in total. The number of hydrogen-bond acceptors (Lipinski definition) is 3. The van der Waals surface area contributed by atoms with Crippen molar-refractivity contribution >= 4 is 5.91 Å². The van der Waals surface area contributed by atoms with Crippen molar-refractivity contribution < 1.29 is 9.90 Å². The molecule has 0 aliphatic carbocycles. The van der Waals surface area contributed by atoms with E-state index in [1.54, 1.807) is 4.90 Å². The summed E-state index contributed by atoms with van der Waals surface area (Å²) in [5, 5.41) is 11.0. The molecule has 0 aromatic heterocycles. The van der Waals surface area contributed by atoms with Gasteiger partial charge in [0.15, 0.2) is 0 Å². The summed E-state index contributed by atoms with van der Waals surface area (Å²) in [4.78, 5) is 17.8. The summed E-state index contributed by atoms with van der Waals surface area (Å²) in [6.07, 6.45) is 1.19. The Labute approximate surface area is 268 Å². The van der Waals surface area contributed by atoms with E-state index in [1.807, 2.05) is 50.4 Å². The summed E-state index contributed by atoms with van der Waals surface area (Å²) in [5.74, 6) is 0.0429. The quantitative estimate of drug-likeness (QED) is 0.140. The molecule has 5 rings (SSSR count). The standard InChI is InChI=1S/C41H44N2O2/c1-32(41(45)38-21-13-6-14-22-38)42(2)40(44)28-27-39(29-33-23-25-37(26-24-33)36-19-11-5-12-20-36)43(30-34-15-7-3-8-16-34)31-35-17-9-4-10-18-35/h3-26,32,39,41,45H,27-31H2,1-2H3/t32-,39+,41+/m1/s1. The van der Waals surface area contributed by atoms with Crippen LogP contribution < -0.4 is 0 Å². The van der Waals surface area contributed by atoms with E-state index in [4.69, 9.17) is 0 Å². The van der Waals surface area contributed by atoms with Crippen LogP contribution in [0.5, 0.6) is 0 Å². The summed E-state index contributed by atoms with van der Waals surface area (Å²) in [7, 11) is 1.81. The highest BCUT2D eigenvalue weighted by Gasteiger charge is 2.26. The molecule has 0 aliphatic heterocycles. The van der Waals surface area contributed by atoms with Crippen molar-refractivity contribution in [2.75, 3.05) is 7.05 Å². The molecule has 0 radical (unpaired) electrons. The van der Waals surface area contributed by atoms with Crippen molar-refractivity contribution in [1.82, 2.24) is 9.80 Å². The fourth-order valence-electron chi connectivity index (χ4n) is 5.93. The number of carbonyl (C=O) groups excluding carboxylic acids is 1. The van der Waals surface area contributed by atoms with Crippen LogP contribution in [0.25, 0.3) is 11.1 Å². The average Bonchev–Trinajstić information content (AvgIpc) is 3.10. The van der Waals surface area contributed by atoms with Crippen molar-refractivity contribution in [3.05, 3.63) is 168 Å². The Bertz CT molecular complexity index is 1530. The van der Waals surface area contributed by atoms with Crippen LogP contribution in [0.2, 0.25) is 0 Å². The molecule has 1 amide bonds. The third-order valence-corrected chi connectivity index (χ3v) is 8.80. The van der Waals surface area contributed by atoms with Crippen LogP contribution in [0.3, 0.4) is 0 Å². The number of amides is 1. The van der Waals surface area contributed by atoms with Gasteiger partial charge in [-0.2, -0.15) is 0 Å². The minimum atomic E-state index is -0.744. The number of hydrogen-bond donors (Lipinski definition) is 1. The average molecular weight is 597 g/mol. The highest BCUT2D eigenvalue weighted by molar-refractivity contribution is 5.76. The zero-order valence-electron chi connectivity index (χ0n) is 26.4. The number of likely N-dealkylation sites (N-methyl/N-ethyl adjacent to an activating group) is 1. The summed E-state index contributed by atoms with van der Waals surface area (Å²) < 4.78 is 0. The molecule has 0 saturated heterocycles. The van der Waals surface area contributed by atoms with Crippen LogP contribution in [-0.4, -0.2) is 39.9 Å². The molecule has 230 valence electrons. The van der Waals surface area contributed by atoms with Gasteiger partial charge in [-0.3, -0.25) is 9.69 Å². The van der Waals surface area contributed by atoms with Crippen molar-refractivity contribution in [3.63, 3.8) is 0 Å². The van der Waals surface area contributed by atoms with Gasteiger partial charge in [-0.05, 0) is 53.1 Å². The molecule has 4 heteroatoms. The van der Waals surface area contributed by atoms with Gasteiger partial charge < -0.3 is 10.0 Å². The maximum absolute atomic E-state index is 13.6. The SMILES string of the molecule is C[C@H]([C@H](O)c1ccccc1)N(C)C(=O)CC[C@@H](Cc1ccc(-c2ccccc2)cc1)N(Cc1ccccc1)Cc1ccccc1. The third kappa shape index (κ3) is 9.01. The summed E-state index contributed by atoms with van der Waals surface area (Å²) in [6.45, 7) is 3.49. The number of rotatable bonds is 14. The first-order valence-corrected chi connectivity index (χ1v) is 15.9. The Morgan fingerprint density at radius 3 is 1.62 bits per heavy atom. The molecule has 0 fully saturated rings.